The van der Waals surface area contributed by atoms with Crippen LogP contribution in [0.2, 0.25) is 0 Å². The zero-order chi connectivity index (χ0) is 20.5. The molecule has 30 heavy (non-hydrogen) atoms. The molecule has 0 aliphatic carbocycles. The average molecular weight is 404 g/mol. The second-order valence-electron chi connectivity index (χ2n) is 7.36. The van der Waals surface area contributed by atoms with Gasteiger partial charge in [0, 0.05) is 60.6 Å². The van der Waals surface area contributed by atoms with E-state index in [4.69, 9.17) is 4.74 Å². The zero-order valence-electron chi connectivity index (χ0n) is 16.3. The summed E-state index contributed by atoms with van der Waals surface area (Å²) in [6, 6.07) is 14.4. The number of halogens is 1. The second kappa shape index (κ2) is 7.76. The normalized spacial score (nSPS) is 13.8. The number of hydrogen-bond acceptors (Lipinski definition) is 4. The van der Waals surface area contributed by atoms with Gasteiger partial charge in [0.25, 0.3) is 5.56 Å². The van der Waals surface area contributed by atoms with E-state index >= 15 is 0 Å². The lowest BCUT2D eigenvalue weighted by atomic mass is 10.2. The van der Waals surface area contributed by atoms with Gasteiger partial charge < -0.3 is 14.6 Å². The van der Waals surface area contributed by atoms with Crippen molar-refractivity contribution in [3.63, 3.8) is 0 Å². The van der Waals surface area contributed by atoms with E-state index in [1.54, 1.807) is 22.9 Å². The van der Waals surface area contributed by atoms with Gasteiger partial charge in [0.1, 0.15) is 18.2 Å². The van der Waals surface area contributed by atoms with E-state index in [0.717, 1.165) is 43.3 Å². The van der Waals surface area contributed by atoms with E-state index in [-0.39, 0.29) is 12.2 Å². The molecule has 1 aliphatic heterocycles. The molecule has 0 unspecified atom stereocenters. The lowest BCUT2D eigenvalue weighted by molar-refractivity contribution is 0.300. The van der Waals surface area contributed by atoms with Crippen molar-refractivity contribution in [2.24, 2.45) is 0 Å². The molecule has 1 aromatic carbocycles. The molecule has 1 aliphatic rings. The van der Waals surface area contributed by atoms with Crippen molar-refractivity contribution in [1.29, 1.82) is 0 Å². The average Bonchev–Trinajstić information content (AvgIpc) is 2.93. The highest BCUT2D eigenvalue weighted by molar-refractivity contribution is 5.83. The summed E-state index contributed by atoms with van der Waals surface area (Å²) >= 11 is 0. The Morgan fingerprint density at radius 2 is 2.03 bits per heavy atom. The summed E-state index contributed by atoms with van der Waals surface area (Å²) in [5, 5.41) is 4.56. The highest BCUT2D eigenvalue weighted by atomic mass is 19.1. The van der Waals surface area contributed by atoms with Crippen LogP contribution in [-0.4, -0.2) is 27.2 Å². The van der Waals surface area contributed by atoms with Crippen molar-refractivity contribution in [1.82, 2.24) is 19.4 Å². The summed E-state index contributed by atoms with van der Waals surface area (Å²) in [5.41, 5.74) is 3.74. The van der Waals surface area contributed by atoms with E-state index < -0.39 is 5.82 Å². The van der Waals surface area contributed by atoms with Crippen LogP contribution in [0.1, 0.15) is 11.4 Å². The highest BCUT2D eigenvalue weighted by Gasteiger charge is 2.12. The Morgan fingerprint density at radius 1 is 1.10 bits per heavy atom. The predicted molar refractivity (Wildman–Crippen MR) is 113 cm³/mol. The third-order valence-electron chi connectivity index (χ3n) is 5.39. The maximum Gasteiger partial charge on any atom is 0.258 e. The first kappa shape index (κ1) is 18.6. The fourth-order valence-electron chi connectivity index (χ4n) is 3.88. The minimum absolute atomic E-state index is 0.168. The molecule has 0 atom stereocenters. The Balaban J connectivity index is 1.39. The van der Waals surface area contributed by atoms with Crippen molar-refractivity contribution in [2.75, 3.05) is 13.1 Å². The Morgan fingerprint density at radius 3 is 2.87 bits per heavy atom. The summed E-state index contributed by atoms with van der Waals surface area (Å²) in [7, 11) is 0. The molecule has 4 aromatic rings. The first-order valence-electron chi connectivity index (χ1n) is 9.96. The molecule has 7 heteroatoms. The van der Waals surface area contributed by atoms with Gasteiger partial charge in [0.05, 0.1) is 11.9 Å². The van der Waals surface area contributed by atoms with Gasteiger partial charge >= 0.3 is 0 Å². The van der Waals surface area contributed by atoms with Crippen molar-refractivity contribution in [2.45, 2.75) is 19.6 Å². The summed E-state index contributed by atoms with van der Waals surface area (Å²) < 4.78 is 22.5. The van der Waals surface area contributed by atoms with Crippen LogP contribution in [0.4, 0.5) is 4.39 Å². The van der Waals surface area contributed by atoms with Crippen molar-refractivity contribution < 1.29 is 9.13 Å². The number of rotatable bonds is 4. The second-order valence-corrected chi connectivity index (χ2v) is 7.36. The number of aromatic nitrogens is 3. The number of ether oxygens (including phenoxy) is 1. The number of hydrogen-bond donors (Lipinski definition) is 1. The predicted octanol–water partition coefficient (Wildman–Crippen LogP) is 3.05. The van der Waals surface area contributed by atoms with Crippen molar-refractivity contribution in [3.8, 4) is 11.4 Å². The zero-order valence-corrected chi connectivity index (χ0v) is 16.3. The van der Waals surface area contributed by atoms with Crippen molar-refractivity contribution in [3.05, 3.63) is 88.5 Å². The molecule has 1 N–H and O–H groups in total. The molecular weight excluding hydrogens is 383 g/mol. The highest BCUT2D eigenvalue weighted by Crippen LogP contribution is 2.24. The monoisotopic (exact) mass is 404 g/mol. The Kier molecular flexibility index (Phi) is 4.80. The lowest BCUT2D eigenvalue weighted by Crippen LogP contribution is -2.17. The van der Waals surface area contributed by atoms with E-state index in [1.807, 2.05) is 6.07 Å². The Hall–Kier alpha value is -3.45. The molecule has 152 valence electrons. The van der Waals surface area contributed by atoms with E-state index in [0.29, 0.717) is 11.4 Å². The number of pyridine rings is 2. The minimum atomic E-state index is -0.394. The molecule has 0 spiro atoms. The molecule has 5 rings (SSSR count). The van der Waals surface area contributed by atoms with Gasteiger partial charge in [-0.05, 0) is 42.5 Å². The molecule has 0 saturated heterocycles. The third kappa shape index (κ3) is 3.59. The van der Waals surface area contributed by atoms with Crippen LogP contribution < -0.4 is 15.6 Å². The van der Waals surface area contributed by atoms with Crippen LogP contribution in [-0.2, 0) is 19.6 Å². The topological polar surface area (TPSA) is 61.1 Å². The molecule has 0 fully saturated rings. The number of benzene rings is 1. The van der Waals surface area contributed by atoms with Crippen LogP contribution >= 0.6 is 0 Å². The largest absolute Gasteiger partial charge is 0.487 e. The molecule has 0 amide bonds. The van der Waals surface area contributed by atoms with E-state index in [1.165, 1.54) is 23.3 Å². The molecule has 3 aromatic heterocycles. The Labute approximate surface area is 172 Å². The minimum Gasteiger partial charge on any atom is -0.487 e. The summed E-state index contributed by atoms with van der Waals surface area (Å²) in [6.45, 7) is 3.07. The quantitative estimate of drug-likeness (QED) is 0.568. The molecule has 0 radical (unpaired) electrons. The first-order chi connectivity index (χ1) is 14.7. The maximum atomic E-state index is 12.9. The van der Waals surface area contributed by atoms with Gasteiger partial charge in [-0.2, -0.15) is 0 Å². The molecule has 4 heterocycles. The first-order valence-corrected chi connectivity index (χ1v) is 9.96. The van der Waals surface area contributed by atoms with Gasteiger partial charge in [-0.25, -0.2) is 4.39 Å². The van der Waals surface area contributed by atoms with Gasteiger partial charge in [0.15, 0.2) is 0 Å². The number of fused-ring (bicyclic) bond motifs is 3. The molecule has 0 bridgehead atoms. The fourth-order valence-corrected chi connectivity index (χ4v) is 3.88. The SMILES string of the molecule is O=c1cc(OCc2ccc(F)cn2)ccn1-c1ccc2c(c1)cc1n2CCNCC1. The number of nitrogens with zero attached hydrogens (tertiary/aromatic N) is 3. The van der Waals surface area contributed by atoms with Gasteiger partial charge in [-0.1, -0.05) is 0 Å². The van der Waals surface area contributed by atoms with Crippen LogP contribution in [0.3, 0.4) is 0 Å². The fraction of sp³-hybridized carbons (Fsp3) is 0.217. The van der Waals surface area contributed by atoms with Crippen LogP contribution in [0.5, 0.6) is 5.75 Å². The van der Waals surface area contributed by atoms with Gasteiger partial charge in [-0.3, -0.25) is 14.3 Å². The van der Waals surface area contributed by atoms with Gasteiger partial charge in [0.2, 0.25) is 0 Å². The van der Waals surface area contributed by atoms with Crippen molar-refractivity contribution >= 4 is 10.9 Å². The molecule has 6 nitrogen and oxygen atoms in total. The van der Waals surface area contributed by atoms with Gasteiger partial charge in [-0.15, -0.1) is 0 Å². The summed E-state index contributed by atoms with van der Waals surface area (Å²) in [5.74, 6) is 0.0566. The summed E-state index contributed by atoms with van der Waals surface area (Å²) in [4.78, 5) is 16.6. The van der Waals surface area contributed by atoms with Crippen LogP contribution in [0, 0.1) is 5.82 Å². The molecule has 0 saturated carbocycles. The maximum absolute atomic E-state index is 12.9. The van der Waals surface area contributed by atoms with Crippen LogP contribution in [0.15, 0.2) is 65.7 Å². The van der Waals surface area contributed by atoms with E-state index in [9.17, 15) is 9.18 Å². The smallest absolute Gasteiger partial charge is 0.258 e. The Bertz CT molecular complexity index is 1260. The third-order valence-corrected chi connectivity index (χ3v) is 5.39. The van der Waals surface area contributed by atoms with E-state index in [2.05, 4.69) is 33.1 Å². The standard InChI is InChI=1S/C23H21FN4O2/c24-17-1-2-18(26-14-17)15-30-21-6-9-28(23(29)13-21)19-3-4-22-16(11-19)12-20-5-7-25-8-10-27(20)22/h1-4,6,9,11-14,25H,5,7-8,10,15H2. The summed E-state index contributed by atoms with van der Waals surface area (Å²) in [6.07, 6.45) is 3.85. The molecular formula is C23H21FN4O2. The number of nitrogens with one attached hydrogen (secondary N) is 1. The van der Waals surface area contributed by atoms with Crippen LogP contribution in [0.25, 0.3) is 16.6 Å². The lowest BCUT2D eigenvalue weighted by Gasteiger charge is -2.10.